The van der Waals surface area contributed by atoms with Crippen molar-refractivity contribution in [3.8, 4) is 0 Å². The van der Waals surface area contributed by atoms with Gasteiger partial charge in [0.15, 0.2) is 11.4 Å². The third kappa shape index (κ3) is 5.73. The second-order valence-corrected chi connectivity index (χ2v) is 16.4. The number of nitrogens with zero attached hydrogens (tertiary/aromatic N) is 3. The zero-order valence-corrected chi connectivity index (χ0v) is 21.2. The van der Waals surface area contributed by atoms with Crippen molar-refractivity contribution in [2.75, 3.05) is 13.7 Å². The molecule has 0 fully saturated rings. The zero-order chi connectivity index (χ0) is 22.8. The zero-order valence-electron chi connectivity index (χ0n) is 20.2. The minimum Gasteiger partial charge on any atom is -0.437 e. The highest BCUT2D eigenvalue weighted by Gasteiger charge is 2.28. The number of carbonyl (C=O) groups is 1. The summed E-state index contributed by atoms with van der Waals surface area (Å²) in [6.07, 6.45) is 6.82. The van der Waals surface area contributed by atoms with Crippen LogP contribution in [0.4, 0.5) is 0 Å². The van der Waals surface area contributed by atoms with E-state index in [1.807, 2.05) is 37.7 Å². The molecule has 0 radical (unpaired) electrons. The van der Waals surface area contributed by atoms with E-state index in [-0.39, 0.29) is 5.78 Å². The van der Waals surface area contributed by atoms with Gasteiger partial charge in [0.05, 0.1) is 17.5 Å². The Kier molecular flexibility index (Phi) is 7.23. The van der Waals surface area contributed by atoms with Crippen LogP contribution < -0.4 is 0 Å². The number of ether oxygens (including phenoxy) is 1. The van der Waals surface area contributed by atoms with E-state index in [2.05, 4.69) is 19.6 Å². The van der Waals surface area contributed by atoms with Crippen molar-refractivity contribution in [1.29, 1.82) is 0 Å². The highest BCUT2D eigenvalue weighted by Crippen LogP contribution is 2.34. The maximum absolute atomic E-state index is 13.2. The normalized spacial score (nSPS) is 15.2. The van der Waals surface area contributed by atoms with Gasteiger partial charge >= 0.3 is 7.48 Å². The van der Waals surface area contributed by atoms with Gasteiger partial charge < -0.3 is 14.0 Å². The number of hydrogen-bond acceptors (Lipinski definition) is 5. The minimum absolute atomic E-state index is 0.0716. The summed E-state index contributed by atoms with van der Waals surface area (Å²) in [5.41, 5.74) is 4.86. The number of aromatic nitrogens is 3. The van der Waals surface area contributed by atoms with Gasteiger partial charge in [0.2, 0.25) is 0 Å². The Labute approximate surface area is 187 Å². The lowest BCUT2D eigenvalue weighted by molar-refractivity contribution is 0.0849. The van der Waals surface area contributed by atoms with E-state index < -0.39 is 13.5 Å². The standard InChI is InChI=1S/C23H36BN3O3Si/c1-23(2,3)21(28)17-14-27(15-30-11-12-31(5,6)7)22-20(17)26-19(13-25-22)16-9-8-10-18(16)24-29-4/h13-14,24H,8-12,15H2,1-7H3. The Hall–Kier alpha value is -1.77. The van der Waals surface area contributed by atoms with Crippen molar-refractivity contribution in [2.45, 2.75) is 72.4 Å². The average Bonchev–Trinajstić information content (AvgIpc) is 3.27. The van der Waals surface area contributed by atoms with Crippen LogP contribution in [0.5, 0.6) is 0 Å². The molecule has 31 heavy (non-hydrogen) atoms. The van der Waals surface area contributed by atoms with Crippen molar-refractivity contribution in [2.24, 2.45) is 5.41 Å². The van der Waals surface area contributed by atoms with Crippen molar-refractivity contribution in [3.63, 3.8) is 0 Å². The molecule has 0 atom stereocenters. The van der Waals surface area contributed by atoms with Gasteiger partial charge in [0.25, 0.3) is 0 Å². The Morgan fingerprint density at radius 3 is 2.65 bits per heavy atom. The molecule has 1 aliphatic carbocycles. The molecule has 168 valence electrons. The first-order chi connectivity index (χ1) is 14.5. The van der Waals surface area contributed by atoms with Crippen LogP contribution in [0, 0.1) is 5.41 Å². The van der Waals surface area contributed by atoms with Crippen LogP contribution in [0.1, 0.15) is 56.1 Å². The lowest BCUT2D eigenvalue weighted by Gasteiger charge is -2.16. The first kappa shape index (κ1) is 23.9. The SMILES string of the molecule is COBC1=C(c2cnc3c(n2)c(C(=O)C(C)(C)C)cn3COCC[Si](C)(C)C)CCC1. The van der Waals surface area contributed by atoms with Crippen molar-refractivity contribution < 1.29 is 14.2 Å². The van der Waals surface area contributed by atoms with Gasteiger partial charge in [-0.1, -0.05) is 45.9 Å². The molecular formula is C23H36BN3O3Si. The second-order valence-electron chi connectivity index (χ2n) is 10.7. The quantitative estimate of drug-likeness (QED) is 0.316. The fraction of sp³-hybridized carbons (Fsp3) is 0.609. The van der Waals surface area contributed by atoms with E-state index in [9.17, 15) is 4.79 Å². The summed E-state index contributed by atoms with van der Waals surface area (Å²) < 4.78 is 13.3. The summed E-state index contributed by atoms with van der Waals surface area (Å²) in [6, 6.07) is 1.10. The molecule has 0 saturated heterocycles. The van der Waals surface area contributed by atoms with Crippen LogP contribution in [-0.4, -0.2) is 49.6 Å². The van der Waals surface area contributed by atoms with E-state index in [4.69, 9.17) is 19.4 Å². The summed E-state index contributed by atoms with van der Waals surface area (Å²) in [5.74, 6) is 0.0716. The molecule has 1 aliphatic rings. The Morgan fingerprint density at radius 1 is 1.26 bits per heavy atom. The van der Waals surface area contributed by atoms with Gasteiger partial charge in [-0.2, -0.15) is 0 Å². The molecule has 3 rings (SSSR count). The first-order valence-electron chi connectivity index (χ1n) is 11.2. The third-order valence-electron chi connectivity index (χ3n) is 5.68. The van der Waals surface area contributed by atoms with Crippen LogP contribution in [0.3, 0.4) is 0 Å². The van der Waals surface area contributed by atoms with Gasteiger partial charge in [-0.3, -0.25) is 4.79 Å². The maximum atomic E-state index is 13.2. The van der Waals surface area contributed by atoms with Gasteiger partial charge in [-0.05, 0) is 30.9 Å². The molecule has 0 bridgehead atoms. The minimum atomic E-state index is -1.15. The highest BCUT2D eigenvalue weighted by molar-refractivity contribution is 6.76. The van der Waals surface area contributed by atoms with Gasteiger partial charge in [-0.25, -0.2) is 9.97 Å². The fourth-order valence-electron chi connectivity index (χ4n) is 3.86. The molecule has 2 aromatic heterocycles. The molecule has 0 aliphatic heterocycles. The topological polar surface area (TPSA) is 66.2 Å². The van der Waals surface area contributed by atoms with Crippen LogP contribution in [0.25, 0.3) is 16.7 Å². The highest BCUT2D eigenvalue weighted by atomic mass is 28.3. The lowest BCUT2D eigenvalue weighted by atomic mass is 9.83. The van der Waals surface area contributed by atoms with E-state index in [1.165, 1.54) is 11.0 Å². The van der Waals surface area contributed by atoms with Gasteiger partial charge in [0.1, 0.15) is 12.2 Å². The average molecular weight is 441 g/mol. The lowest BCUT2D eigenvalue weighted by Crippen LogP contribution is -2.22. The van der Waals surface area contributed by atoms with Gasteiger partial charge in [-0.15, -0.1) is 0 Å². The first-order valence-corrected chi connectivity index (χ1v) is 14.9. The molecule has 2 heterocycles. The molecular weight excluding hydrogens is 405 g/mol. The van der Waals surface area contributed by atoms with Gasteiger partial charge in [0, 0.05) is 33.4 Å². The second kappa shape index (κ2) is 9.38. The Balaban J connectivity index is 1.99. The fourth-order valence-corrected chi connectivity index (χ4v) is 4.61. The van der Waals surface area contributed by atoms with Crippen LogP contribution in [-0.2, 0) is 16.1 Å². The molecule has 0 aromatic carbocycles. The van der Waals surface area contributed by atoms with Crippen LogP contribution in [0.15, 0.2) is 17.9 Å². The predicted octanol–water partition coefficient (Wildman–Crippen LogP) is 4.87. The Bertz CT molecular complexity index is 986. The maximum Gasteiger partial charge on any atom is 0.304 e. The van der Waals surface area contributed by atoms with E-state index in [0.29, 0.717) is 30.9 Å². The molecule has 8 heteroatoms. The van der Waals surface area contributed by atoms with E-state index in [0.717, 1.165) is 37.6 Å². The van der Waals surface area contributed by atoms with Crippen LogP contribution in [0.2, 0.25) is 25.7 Å². The molecule has 2 aromatic rings. The molecule has 0 N–H and O–H groups in total. The molecule has 0 unspecified atom stereocenters. The monoisotopic (exact) mass is 441 g/mol. The number of hydrogen-bond donors (Lipinski definition) is 0. The smallest absolute Gasteiger partial charge is 0.304 e. The number of allylic oxidation sites excluding steroid dienone is 2. The summed E-state index contributed by atoms with van der Waals surface area (Å²) in [6.45, 7) is 13.9. The Morgan fingerprint density at radius 2 is 2.00 bits per heavy atom. The molecule has 0 saturated carbocycles. The molecule has 0 amide bonds. The molecule has 6 nitrogen and oxygen atoms in total. The number of ketones is 1. The van der Waals surface area contributed by atoms with Crippen LogP contribution >= 0.6 is 0 Å². The number of Topliss-reactive ketones (excluding diaryl/α,β-unsaturated/α-hetero) is 1. The van der Waals surface area contributed by atoms with Crippen molar-refractivity contribution in [3.05, 3.63) is 29.1 Å². The predicted molar refractivity (Wildman–Crippen MR) is 130 cm³/mol. The number of fused-ring (bicyclic) bond motifs is 1. The number of carbonyl (C=O) groups excluding carboxylic acids is 1. The largest absolute Gasteiger partial charge is 0.437 e. The summed E-state index contributed by atoms with van der Waals surface area (Å²) in [4.78, 5) is 22.9. The van der Waals surface area contributed by atoms with E-state index >= 15 is 0 Å². The number of rotatable bonds is 9. The molecule has 0 spiro atoms. The summed E-state index contributed by atoms with van der Waals surface area (Å²) >= 11 is 0. The van der Waals surface area contributed by atoms with E-state index in [1.54, 1.807) is 7.11 Å². The summed E-state index contributed by atoms with van der Waals surface area (Å²) in [7, 11) is 1.19. The third-order valence-corrected chi connectivity index (χ3v) is 7.38. The van der Waals surface area contributed by atoms with Crippen molar-refractivity contribution >= 4 is 38.1 Å². The summed E-state index contributed by atoms with van der Waals surface area (Å²) in [5, 5.41) is 0. The van der Waals surface area contributed by atoms with Crippen molar-refractivity contribution in [1.82, 2.24) is 14.5 Å².